The maximum absolute atomic E-state index is 10.5. The van der Waals surface area contributed by atoms with E-state index in [1.54, 1.807) is 7.11 Å². The van der Waals surface area contributed by atoms with Crippen LogP contribution in [0.15, 0.2) is 24.3 Å². The number of rotatable bonds is 9. The van der Waals surface area contributed by atoms with Crippen molar-refractivity contribution in [2.24, 2.45) is 0 Å². The number of hydrogen-bond acceptors (Lipinski definition) is 5. The van der Waals surface area contributed by atoms with E-state index in [4.69, 9.17) is 14.2 Å². The van der Waals surface area contributed by atoms with Crippen LogP contribution in [-0.4, -0.2) is 39.4 Å². The number of esters is 1. The number of methoxy groups -OCH3 is 1. The number of benzene rings is 1. The van der Waals surface area contributed by atoms with E-state index in [1.807, 2.05) is 24.3 Å². The Hall–Kier alpha value is -1.59. The van der Waals surface area contributed by atoms with Gasteiger partial charge in [0.2, 0.25) is 0 Å². The van der Waals surface area contributed by atoms with Crippen LogP contribution in [0, 0.1) is 0 Å². The molecule has 0 heterocycles. The SMILES string of the molecule is COc1ccc(CNCCOCCOC(C)=O)cc1. The summed E-state index contributed by atoms with van der Waals surface area (Å²) in [6, 6.07) is 7.92. The van der Waals surface area contributed by atoms with Crippen LogP contribution < -0.4 is 10.1 Å². The van der Waals surface area contributed by atoms with Crippen molar-refractivity contribution in [2.75, 3.05) is 33.5 Å². The first kappa shape index (κ1) is 15.5. The van der Waals surface area contributed by atoms with Crippen molar-refractivity contribution in [3.8, 4) is 5.75 Å². The van der Waals surface area contributed by atoms with Crippen molar-refractivity contribution < 1.29 is 19.0 Å². The highest BCUT2D eigenvalue weighted by molar-refractivity contribution is 5.65. The molecule has 0 fully saturated rings. The van der Waals surface area contributed by atoms with Crippen molar-refractivity contribution in [3.05, 3.63) is 29.8 Å². The van der Waals surface area contributed by atoms with Gasteiger partial charge in [0.25, 0.3) is 0 Å². The fourth-order valence-electron chi connectivity index (χ4n) is 1.47. The Morgan fingerprint density at radius 2 is 1.89 bits per heavy atom. The third-order valence-corrected chi connectivity index (χ3v) is 2.44. The van der Waals surface area contributed by atoms with Crippen LogP contribution in [0.25, 0.3) is 0 Å². The highest BCUT2D eigenvalue weighted by atomic mass is 16.6. The molecule has 0 unspecified atom stereocenters. The maximum atomic E-state index is 10.5. The molecule has 0 amide bonds. The molecule has 0 atom stereocenters. The summed E-state index contributed by atoms with van der Waals surface area (Å²) in [5.41, 5.74) is 1.20. The molecule has 0 aromatic heterocycles. The van der Waals surface area contributed by atoms with E-state index in [0.29, 0.717) is 19.8 Å². The molecule has 0 aliphatic heterocycles. The Balaban J connectivity index is 1.99. The molecule has 1 aromatic carbocycles. The Bertz CT molecular complexity index is 364. The van der Waals surface area contributed by atoms with Crippen LogP contribution in [0.1, 0.15) is 12.5 Å². The zero-order valence-electron chi connectivity index (χ0n) is 11.5. The summed E-state index contributed by atoms with van der Waals surface area (Å²) in [5.74, 6) is 0.582. The van der Waals surface area contributed by atoms with Gasteiger partial charge in [0.1, 0.15) is 12.4 Å². The van der Waals surface area contributed by atoms with E-state index in [1.165, 1.54) is 12.5 Å². The van der Waals surface area contributed by atoms with Crippen LogP contribution in [0.5, 0.6) is 5.75 Å². The van der Waals surface area contributed by atoms with E-state index in [2.05, 4.69) is 5.32 Å². The van der Waals surface area contributed by atoms with Gasteiger partial charge in [-0.1, -0.05) is 12.1 Å². The van der Waals surface area contributed by atoms with E-state index in [9.17, 15) is 4.79 Å². The molecule has 0 aliphatic rings. The van der Waals surface area contributed by atoms with Crippen LogP contribution in [0.4, 0.5) is 0 Å². The Labute approximate surface area is 113 Å². The van der Waals surface area contributed by atoms with Crippen molar-refractivity contribution >= 4 is 5.97 Å². The molecule has 19 heavy (non-hydrogen) atoms. The lowest BCUT2D eigenvalue weighted by molar-refractivity contribution is -0.142. The van der Waals surface area contributed by atoms with Crippen LogP contribution in [0.2, 0.25) is 0 Å². The van der Waals surface area contributed by atoms with Crippen LogP contribution in [-0.2, 0) is 20.8 Å². The fourth-order valence-corrected chi connectivity index (χ4v) is 1.47. The molecular weight excluding hydrogens is 246 g/mol. The highest BCUT2D eigenvalue weighted by Gasteiger charge is 1.95. The van der Waals surface area contributed by atoms with Crippen LogP contribution in [0.3, 0.4) is 0 Å². The summed E-state index contributed by atoms with van der Waals surface area (Å²) in [6.07, 6.45) is 0. The third kappa shape index (κ3) is 7.43. The number of carbonyl (C=O) groups is 1. The largest absolute Gasteiger partial charge is 0.497 e. The molecule has 0 saturated carbocycles. The summed E-state index contributed by atoms with van der Waals surface area (Å²) >= 11 is 0. The summed E-state index contributed by atoms with van der Waals surface area (Å²) in [7, 11) is 1.65. The van der Waals surface area contributed by atoms with Crippen molar-refractivity contribution in [1.29, 1.82) is 0 Å². The minimum Gasteiger partial charge on any atom is -0.497 e. The monoisotopic (exact) mass is 267 g/mol. The third-order valence-electron chi connectivity index (χ3n) is 2.44. The highest BCUT2D eigenvalue weighted by Crippen LogP contribution is 2.10. The molecule has 0 aliphatic carbocycles. The van der Waals surface area contributed by atoms with Gasteiger partial charge in [0.05, 0.1) is 20.3 Å². The second kappa shape index (κ2) is 9.35. The Morgan fingerprint density at radius 1 is 1.16 bits per heavy atom. The molecule has 0 bridgehead atoms. The number of nitrogens with one attached hydrogen (secondary N) is 1. The normalized spacial score (nSPS) is 10.2. The van der Waals surface area contributed by atoms with E-state index in [0.717, 1.165) is 18.8 Å². The molecule has 1 N–H and O–H groups in total. The standard InChI is InChI=1S/C14H21NO4/c1-12(16)19-10-9-18-8-7-15-11-13-3-5-14(17-2)6-4-13/h3-6,15H,7-11H2,1-2H3. The molecule has 1 rings (SSSR count). The van der Waals surface area contributed by atoms with Gasteiger partial charge in [-0.05, 0) is 17.7 Å². The van der Waals surface area contributed by atoms with Gasteiger partial charge in [0, 0.05) is 20.0 Å². The lowest BCUT2D eigenvalue weighted by Crippen LogP contribution is -2.20. The molecule has 5 nitrogen and oxygen atoms in total. The number of hydrogen-bond donors (Lipinski definition) is 1. The lowest BCUT2D eigenvalue weighted by Gasteiger charge is -2.07. The minimum atomic E-state index is -0.277. The molecule has 0 saturated heterocycles. The molecule has 1 aromatic rings. The van der Waals surface area contributed by atoms with Crippen molar-refractivity contribution in [3.63, 3.8) is 0 Å². The number of ether oxygens (including phenoxy) is 3. The molecule has 5 heteroatoms. The first-order valence-corrected chi connectivity index (χ1v) is 6.27. The Kier molecular flexibility index (Phi) is 7.62. The summed E-state index contributed by atoms with van der Waals surface area (Å²) in [4.78, 5) is 10.5. The summed E-state index contributed by atoms with van der Waals surface area (Å²) in [5, 5.41) is 3.27. The van der Waals surface area contributed by atoms with Gasteiger partial charge in [0.15, 0.2) is 0 Å². The van der Waals surface area contributed by atoms with Crippen LogP contribution >= 0.6 is 0 Å². The predicted octanol–water partition coefficient (Wildman–Crippen LogP) is 1.36. The van der Waals surface area contributed by atoms with E-state index in [-0.39, 0.29) is 5.97 Å². The molecule has 0 spiro atoms. The molecular formula is C14H21NO4. The lowest BCUT2D eigenvalue weighted by atomic mass is 10.2. The number of carbonyl (C=O) groups excluding carboxylic acids is 1. The quantitative estimate of drug-likeness (QED) is 0.541. The second-order valence-electron chi connectivity index (χ2n) is 3.98. The fraction of sp³-hybridized carbons (Fsp3) is 0.500. The second-order valence-corrected chi connectivity index (χ2v) is 3.98. The van der Waals surface area contributed by atoms with E-state index >= 15 is 0 Å². The minimum absolute atomic E-state index is 0.277. The van der Waals surface area contributed by atoms with Gasteiger partial charge in [-0.3, -0.25) is 4.79 Å². The zero-order valence-corrected chi connectivity index (χ0v) is 11.5. The summed E-state index contributed by atoms with van der Waals surface area (Å²) in [6.45, 7) is 4.27. The van der Waals surface area contributed by atoms with Crippen molar-refractivity contribution in [2.45, 2.75) is 13.5 Å². The topological polar surface area (TPSA) is 56.8 Å². The Morgan fingerprint density at radius 3 is 2.53 bits per heavy atom. The summed E-state index contributed by atoms with van der Waals surface area (Å²) < 4.78 is 15.1. The van der Waals surface area contributed by atoms with Crippen molar-refractivity contribution in [1.82, 2.24) is 5.32 Å². The zero-order chi connectivity index (χ0) is 13.9. The van der Waals surface area contributed by atoms with Gasteiger partial charge < -0.3 is 19.5 Å². The first-order chi connectivity index (χ1) is 9.22. The van der Waals surface area contributed by atoms with Gasteiger partial charge in [-0.15, -0.1) is 0 Å². The average Bonchev–Trinajstić information content (AvgIpc) is 2.42. The smallest absolute Gasteiger partial charge is 0.302 e. The van der Waals surface area contributed by atoms with Gasteiger partial charge in [-0.25, -0.2) is 0 Å². The average molecular weight is 267 g/mol. The van der Waals surface area contributed by atoms with E-state index < -0.39 is 0 Å². The molecule has 0 radical (unpaired) electrons. The first-order valence-electron chi connectivity index (χ1n) is 6.27. The predicted molar refractivity (Wildman–Crippen MR) is 72.2 cm³/mol. The maximum Gasteiger partial charge on any atom is 0.302 e. The van der Waals surface area contributed by atoms with Gasteiger partial charge >= 0.3 is 5.97 Å². The van der Waals surface area contributed by atoms with Gasteiger partial charge in [-0.2, -0.15) is 0 Å². The molecule has 106 valence electrons.